The van der Waals surface area contributed by atoms with E-state index in [1.165, 1.54) is 0 Å². The molecule has 1 saturated carbocycles. The van der Waals surface area contributed by atoms with Crippen molar-refractivity contribution in [3.05, 3.63) is 18.0 Å². The molecule has 0 spiro atoms. The third-order valence-corrected chi connectivity index (χ3v) is 5.66. The molecule has 25 heavy (non-hydrogen) atoms. The van der Waals surface area contributed by atoms with Crippen LogP contribution in [0.4, 0.5) is 0 Å². The summed E-state index contributed by atoms with van der Waals surface area (Å²) in [5.74, 6) is -0.0675. The second-order valence-corrected chi connectivity index (χ2v) is 8.01. The fourth-order valence-corrected chi connectivity index (χ4v) is 3.80. The van der Waals surface area contributed by atoms with Gasteiger partial charge in [0.05, 0.1) is 19.8 Å². The first-order valence-electron chi connectivity index (χ1n) is 9.19. The zero-order chi connectivity index (χ0) is 18.0. The van der Waals surface area contributed by atoms with Crippen molar-refractivity contribution >= 4 is 5.91 Å². The minimum absolute atomic E-state index is 0.0675. The van der Waals surface area contributed by atoms with Gasteiger partial charge in [-0.3, -0.25) is 14.4 Å². The third kappa shape index (κ3) is 4.04. The maximum Gasteiger partial charge on any atom is 0.272 e. The first kappa shape index (κ1) is 18.4. The van der Waals surface area contributed by atoms with Crippen molar-refractivity contribution in [3.63, 3.8) is 0 Å². The molecule has 1 N–H and O–H groups in total. The van der Waals surface area contributed by atoms with Crippen molar-refractivity contribution in [2.45, 2.75) is 38.9 Å². The van der Waals surface area contributed by atoms with Gasteiger partial charge in [-0.25, -0.2) is 0 Å². The van der Waals surface area contributed by atoms with Crippen molar-refractivity contribution in [1.29, 1.82) is 0 Å². The molecule has 0 aromatic carbocycles. The lowest BCUT2D eigenvalue weighted by atomic mass is 9.62. The van der Waals surface area contributed by atoms with Crippen LogP contribution in [0.2, 0.25) is 0 Å². The molecule has 0 bridgehead atoms. The lowest BCUT2D eigenvalue weighted by molar-refractivity contribution is -0.0750. The van der Waals surface area contributed by atoms with Gasteiger partial charge in [0.2, 0.25) is 0 Å². The summed E-state index contributed by atoms with van der Waals surface area (Å²) in [4.78, 5) is 17.1. The van der Waals surface area contributed by atoms with Gasteiger partial charge in [-0.2, -0.15) is 5.10 Å². The fourth-order valence-electron chi connectivity index (χ4n) is 3.80. The Hall–Kier alpha value is -1.44. The van der Waals surface area contributed by atoms with Crippen LogP contribution in [0.15, 0.2) is 12.3 Å². The van der Waals surface area contributed by atoms with Crippen LogP contribution in [0.25, 0.3) is 0 Å². The predicted octanol–water partition coefficient (Wildman–Crippen LogP) is 0.674. The van der Waals surface area contributed by atoms with Gasteiger partial charge in [0.25, 0.3) is 5.91 Å². The van der Waals surface area contributed by atoms with Crippen LogP contribution in [-0.4, -0.2) is 84.5 Å². The summed E-state index contributed by atoms with van der Waals surface area (Å²) in [5, 5.41) is 7.59. The molecule has 2 unspecified atom stereocenters. The zero-order valence-corrected chi connectivity index (χ0v) is 15.9. The largest absolute Gasteiger partial charge is 0.379 e. The van der Waals surface area contributed by atoms with Gasteiger partial charge < -0.3 is 15.0 Å². The summed E-state index contributed by atoms with van der Waals surface area (Å²) in [6, 6.07) is 2.51. The molecule has 7 nitrogen and oxygen atoms in total. The number of carbonyl (C=O) groups excluding carboxylic acids is 1. The Kier molecular flexibility index (Phi) is 5.46. The first-order valence-corrected chi connectivity index (χ1v) is 9.19. The lowest BCUT2D eigenvalue weighted by Crippen LogP contribution is -2.67. The molecular formula is C18H31N5O2. The van der Waals surface area contributed by atoms with Gasteiger partial charge in [-0.15, -0.1) is 0 Å². The number of morpholine rings is 1. The van der Waals surface area contributed by atoms with E-state index in [9.17, 15) is 4.79 Å². The monoisotopic (exact) mass is 349 g/mol. The summed E-state index contributed by atoms with van der Waals surface area (Å²) in [5.41, 5.74) is 0.574. The molecule has 140 valence electrons. The molecule has 2 aliphatic rings. The molecule has 1 amide bonds. The maximum absolute atomic E-state index is 12.5. The third-order valence-electron chi connectivity index (χ3n) is 5.66. The number of hydrogen-bond acceptors (Lipinski definition) is 5. The van der Waals surface area contributed by atoms with Crippen LogP contribution < -0.4 is 5.32 Å². The first-order chi connectivity index (χ1) is 11.9. The molecule has 2 heterocycles. The Bertz CT molecular complexity index is 592. The Labute approximate surface area is 150 Å². The van der Waals surface area contributed by atoms with Crippen LogP contribution in [-0.2, 0) is 11.3 Å². The number of amides is 1. The van der Waals surface area contributed by atoms with Gasteiger partial charge in [-0.05, 0) is 26.6 Å². The minimum atomic E-state index is -0.0675. The quantitative estimate of drug-likeness (QED) is 0.818. The number of ether oxygens (including phenoxy) is 1. The molecule has 1 aliphatic heterocycles. The molecule has 3 rings (SSSR count). The van der Waals surface area contributed by atoms with Crippen LogP contribution in [0.5, 0.6) is 0 Å². The number of likely N-dealkylation sites (N-methyl/N-ethyl adjacent to an activating group) is 1. The number of nitrogens with one attached hydrogen (secondary N) is 1. The van der Waals surface area contributed by atoms with E-state index in [-0.39, 0.29) is 17.4 Å². The molecule has 2 fully saturated rings. The number of aromatic nitrogens is 2. The van der Waals surface area contributed by atoms with E-state index >= 15 is 0 Å². The highest BCUT2D eigenvalue weighted by Crippen LogP contribution is 2.44. The molecule has 0 radical (unpaired) electrons. The molecular weight excluding hydrogens is 318 g/mol. The number of rotatable bonds is 6. The second-order valence-electron chi connectivity index (χ2n) is 8.01. The highest BCUT2D eigenvalue weighted by molar-refractivity contribution is 5.92. The average molecular weight is 349 g/mol. The van der Waals surface area contributed by atoms with E-state index in [1.54, 1.807) is 6.07 Å². The summed E-state index contributed by atoms with van der Waals surface area (Å²) >= 11 is 0. The van der Waals surface area contributed by atoms with E-state index < -0.39 is 0 Å². The van der Waals surface area contributed by atoms with Crippen LogP contribution in [0, 0.1) is 5.41 Å². The second kappa shape index (κ2) is 7.43. The molecule has 1 saturated heterocycles. The van der Waals surface area contributed by atoms with Crippen LogP contribution >= 0.6 is 0 Å². The Balaban J connectivity index is 1.53. The van der Waals surface area contributed by atoms with Gasteiger partial charge in [-0.1, -0.05) is 13.8 Å². The van der Waals surface area contributed by atoms with Crippen molar-refractivity contribution in [3.8, 4) is 0 Å². The number of nitrogens with zero attached hydrogens (tertiary/aromatic N) is 4. The SMILES string of the molecule is CN(C)CCn1ccc(C(=O)NC2CC(N3CCOCC3)C2(C)C)n1. The van der Waals surface area contributed by atoms with Crippen molar-refractivity contribution in [1.82, 2.24) is 24.9 Å². The van der Waals surface area contributed by atoms with Crippen molar-refractivity contribution in [2.75, 3.05) is 46.9 Å². The normalized spacial score (nSPS) is 26.4. The number of carbonyl (C=O) groups is 1. The standard InChI is InChI=1S/C18H31N5O2/c1-18(2)15(13-16(18)22-9-11-25-12-10-22)19-17(24)14-5-6-23(20-14)8-7-21(3)4/h5-6,15-16H,7-13H2,1-4H3,(H,19,24). The minimum Gasteiger partial charge on any atom is -0.379 e. The highest BCUT2D eigenvalue weighted by Gasteiger charge is 2.51. The summed E-state index contributed by atoms with van der Waals surface area (Å²) < 4.78 is 7.28. The van der Waals surface area contributed by atoms with E-state index in [0.717, 1.165) is 45.8 Å². The summed E-state index contributed by atoms with van der Waals surface area (Å²) in [6.07, 6.45) is 2.88. The van der Waals surface area contributed by atoms with E-state index in [2.05, 4.69) is 34.1 Å². The van der Waals surface area contributed by atoms with Gasteiger partial charge in [0.15, 0.2) is 0 Å². The van der Waals surface area contributed by atoms with E-state index in [0.29, 0.717) is 11.7 Å². The summed E-state index contributed by atoms with van der Waals surface area (Å²) in [7, 11) is 4.06. The highest BCUT2D eigenvalue weighted by atomic mass is 16.5. The van der Waals surface area contributed by atoms with Crippen LogP contribution in [0.3, 0.4) is 0 Å². The molecule has 7 heteroatoms. The van der Waals surface area contributed by atoms with Crippen molar-refractivity contribution < 1.29 is 9.53 Å². The Morgan fingerprint density at radius 1 is 1.40 bits per heavy atom. The Morgan fingerprint density at radius 3 is 2.76 bits per heavy atom. The molecule has 1 aromatic heterocycles. The Morgan fingerprint density at radius 2 is 2.12 bits per heavy atom. The smallest absolute Gasteiger partial charge is 0.272 e. The maximum atomic E-state index is 12.5. The molecule has 1 aromatic rings. The summed E-state index contributed by atoms with van der Waals surface area (Å²) in [6.45, 7) is 9.79. The van der Waals surface area contributed by atoms with Crippen LogP contribution in [0.1, 0.15) is 30.8 Å². The molecule has 2 atom stereocenters. The van der Waals surface area contributed by atoms with E-state index in [1.807, 2.05) is 25.0 Å². The average Bonchev–Trinajstić information content (AvgIpc) is 3.06. The molecule has 1 aliphatic carbocycles. The number of hydrogen-bond donors (Lipinski definition) is 1. The van der Waals surface area contributed by atoms with Gasteiger partial charge in [0.1, 0.15) is 5.69 Å². The topological polar surface area (TPSA) is 62.6 Å². The fraction of sp³-hybridized carbons (Fsp3) is 0.778. The predicted molar refractivity (Wildman–Crippen MR) is 96.6 cm³/mol. The van der Waals surface area contributed by atoms with E-state index in [4.69, 9.17) is 4.74 Å². The van der Waals surface area contributed by atoms with Gasteiger partial charge in [0, 0.05) is 43.3 Å². The zero-order valence-electron chi connectivity index (χ0n) is 15.9. The lowest BCUT2D eigenvalue weighted by Gasteiger charge is -2.57. The van der Waals surface area contributed by atoms with Crippen molar-refractivity contribution in [2.24, 2.45) is 5.41 Å². The van der Waals surface area contributed by atoms with Gasteiger partial charge >= 0.3 is 0 Å².